The number of pyridine rings is 1. The van der Waals surface area contributed by atoms with Crippen molar-refractivity contribution in [3.63, 3.8) is 0 Å². The third-order valence-corrected chi connectivity index (χ3v) is 2.33. The van der Waals surface area contributed by atoms with Crippen LogP contribution in [-0.4, -0.2) is 35.2 Å². The van der Waals surface area contributed by atoms with Crippen LogP contribution in [0.15, 0.2) is 18.3 Å². The largest absolute Gasteiger partial charge is 0.332 e. The Hall–Kier alpha value is -1.72. The first-order chi connectivity index (χ1) is 7.65. The van der Waals surface area contributed by atoms with Crippen LogP contribution in [0.4, 0.5) is 13.6 Å². The highest BCUT2D eigenvalue weighted by Gasteiger charge is 2.29. The van der Waals surface area contributed by atoms with E-state index in [9.17, 15) is 13.6 Å². The first-order valence-corrected chi connectivity index (χ1v) is 4.92. The number of carbonyl (C=O) groups excluding carboxylic acids is 1. The lowest BCUT2D eigenvalue weighted by molar-refractivity contribution is 0.0896. The fourth-order valence-corrected chi connectivity index (χ4v) is 1.38. The van der Waals surface area contributed by atoms with Crippen molar-refractivity contribution in [2.24, 2.45) is 0 Å². The minimum absolute atomic E-state index is 0.142. The molecule has 1 N–H and O–H groups in total. The van der Waals surface area contributed by atoms with Gasteiger partial charge in [-0.3, -0.25) is 4.98 Å². The predicted octanol–water partition coefficient (Wildman–Crippen LogP) is 1.08. The third-order valence-electron chi connectivity index (χ3n) is 2.33. The molecular formula is C10H11F2N3O. The van der Waals surface area contributed by atoms with E-state index in [0.29, 0.717) is 5.69 Å². The molecule has 0 atom stereocenters. The van der Waals surface area contributed by atoms with Crippen LogP contribution < -0.4 is 5.32 Å². The molecule has 4 nitrogen and oxygen atoms in total. The Bertz CT molecular complexity index is 376. The van der Waals surface area contributed by atoms with E-state index < -0.39 is 12.0 Å². The number of aromatic nitrogens is 1. The van der Waals surface area contributed by atoms with Crippen LogP contribution in [0.2, 0.25) is 0 Å². The van der Waals surface area contributed by atoms with E-state index in [4.69, 9.17) is 0 Å². The number of hydrogen-bond donors (Lipinski definition) is 1. The maximum atomic E-state index is 12.5. The van der Waals surface area contributed by atoms with E-state index in [-0.39, 0.29) is 25.7 Å². The summed E-state index contributed by atoms with van der Waals surface area (Å²) in [7, 11) is 0. The van der Waals surface area contributed by atoms with Crippen molar-refractivity contribution in [1.29, 1.82) is 0 Å². The van der Waals surface area contributed by atoms with Gasteiger partial charge in [0.2, 0.25) is 0 Å². The van der Waals surface area contributed by atoms with Crippen LogP contribution in [0.25, 0.3) is 0 Å². The van der Waals surface area contributed by atoms with Crippen molar-refractivity contribution in [2.45, 2.75) is 12.7 Å². The molecule has 1 aliphatic rings. The molecule has 16 heavy (non-hydrogen) atoms. The molecule has 1 aromatic heterocycles. The SMILES string of the molecule is O=C(NCc1ccc(F)cn1)N1CC(F)C1. The summed E-state index contributed by atoms with van der Waals surface area (Å²) in [5.41, 5.74) is 0.562. The molecule has 1 aromatic rings. The topological polar surface area (TPSA) is 45.2 Å². The Balaban J connectivity index is 1.79. The molecule has 0 aromatic carbocycles. The highest BCUT2D eigenvalue weighted by atomic mass is 19.1. The summed E-state index contributed by atoms with van der Waals surface area (Å²) in [5.74, 6) is -0.418. The number of likely N-dealkylation sites (tertiary alicyclic amines) is 1. The summed E-state index contributed by atoms with van der Waals surface area (Å²) in [6, 6.07) is 2.44. The summed E-state index contributed by atoms with van der Waals surface area (Å²) in [6.45, 7) is 0.498. The fraction of sp³-hybridized carbons (Fsp3) is 0.400. The van der Waals surface area contributed by atoms with Gasteiger partial charge in [0.05, 0.1) is 31.5 Å². The maximum absolute atomic E-state index is 12.5. The first kappa shape index (κ1) is 10.8. The normalized spacial score (nSPS) is 15.8. The minimum atomic E-state index is -0.908. The van der Waals surface area contributed by atoms with E-state index in [2.05, 4.69) is 10.3 Å². The van der Waals surface area contributed by atoms with Gasteiger partial charge >= 0.3 is 6.03 Å². The van der Waals surface area contributed by atoms with Crippen LogP contribution in [-0.2, 0) is 6.54 Å². The lowest BCUT2D eigenvalue weighted by atomic mass is 10.2. The second kappa shape index (κ2) is 4.42. The highest BCUT2D eigenvalue weighted by Crippen LogP contribution is 2.10. The van der Waals surface area contributed by atoms with E-state index in [0.717, 1.165) is 6.20 Å². The molecule has 1 fully saturated rings. The quantitative estimate of drug-likeness (QED) is 0.821. The molecule has 2 heterocycles. The molecule has 1 saturated heterocycles. The lowest BCUT2D eigenvalue weighted by Crippen LogP contribution is -2.54. The van der Waals surface area contributed by atoms with E-state index in [1.54, 1.807) is 0 Å². The van der Waals surface area contributed by atoms with Crippen molar-refractivity contribution < 1.29 is 13.6 Å². The van der Waals surface area contributed by atoms with Gasteiger partial charge in [0.1, 0.15) is 12.0 Å². The van der Waals surface area contributed by atoms with Gasteiger partial charge in [-0.05, 0) is 12.1 Å². The monoisotopic (exact) mass is 227 g/mol. The zero-order chi connectivity index (χ0) is 11.5. The standard InChI is InChI=1S/C10H11F2N3O/c11-7-1-2-9(13-3-7)4-14-10(16)15-5-8(12)6-15/h1-3,8H,4-6H2,(H,14,16). The number of alkyl halides is 1. The number of rotatable bonds is 2. The van der Waals surface area contributed by atoms with E-state index >= 15 is 0 Å². The number of halogens is 2. The zero-order valence-electron chi connectivity index (χ0n) is 8.49. The van der Waals surface area contributed by atoms with Crippen molar-refractivity contribution >= 4 is 6.03 Å². The molecular weight excluding hydrogens is 216 g/mol. The van der Waals surface area contributed by atoms with Gasteiger partial charge in [0, 0.05) is 0 Å². The van der Waals surface area contributed by atoms with Crippen molar-refractivity contribution in [1.82, 2.24) is 15.2 Å². The molecule has 1 aliphatic heterocycles. The number of carbonyl (C=O) groups is 1. The lowest BCUT2D eigenvalue weighted by Gasteiger charge is -2.34. The van der Waals surface area contributed by atoms with Crippen molar-refractivity contribution in [3.05, 3.63) is 29.8 Å². The molecule has 2 amide bonds. The zero-order valence-corrected chi connectivity index (χ0v) is 8.49. The third kappa shape index (κ3) is 2.44. The molecule has 86 valence electrons. The molecule has 6 heteroatoms. The fourth-order valence-electron chi connectivity index (χ4n) is 1.38. The highest BCUT2D eigenvalue weighted by molar-refractivity contribution is 5.75. The van der Waals surface area contributed by atoms with Crippen LogP contribution in [0, 0.1) is 5.82 Å². The Morgan fingerprint density at radius 2 is 2.31 bits per heavy atom. The minimum Gasteiger partial charge on any atom is -0.332 e. The summed E-state index contributed by atoms with van der Waals surface area (Å²) in [4.78, 5) is 16.5. The van der Waals surface area contributed by atoms with Gasteiger partial charge < -0.3 is 10.2 Å². The van der Waals surface area contributed by atoms with Crippen LogP contribution in [0.5, 0.6) is 0 Å². The molecule has 0 saturated carbocycles. The van der Waals surface area contributed by atoms with Crippen molar-refractivity contribution in [2.75, 3.05) is 13.1 Å². The Morgan fingerprint density at radius 1 is 1.56 bits per heavy atom. The summed E-state index contributed by atoms with van der Waals surface area (Å²) >= 11 is 0. The van der Waals surface area contributed by atoms with Gasteiger partial charge in [0.25, 0.3) is 0 Å². The first-order valence-electron chi connectivity index (χ1n) is 4.92. The number of nitrogens with zero attached hydrogens (tertiary/aromatic N) is 2. The molecule has 0 radical (unpaired) electrons. The van der Waals surface area contributed by atoms with Crippen LogP contribution in [0.3, 0.4) is 0 Å². The Kier molecular flexibility index (Phi) is 2.98. The summed E-state index contributed by atoms with van der Waals surface area (Å²) < 4.78 is 25.0. The Labute approximate surface area is 91.3 Å². The predicted molar refractivity (Wildman–Crippen MR) is 52.9 cm³/mol. The van der Waals surface area contributed by atoms with E-state index in [1.165, 1.54) is 17.0 Å². The van der Waals surface area contributed by atoms with Crippen LogP contribution in [0.1, 0.15) is 5.69 Å². The smallest absolute Gasteiger partial charge is 0.317 e. The summed E-state index contributed by atoms with van der Waals surface area (Å²) in [5, 5.41) is 2.58. The summed E-state index contributed by atoms with van der Waals surface area (Å²) in [6.07, 6.45) is 0.178. The van der Waals surface area contributed by atoms with Gasteiger partial charge in [-0.15, -0.1) is 0 Å². The number of amides is 2. The number of urea groups is 1. The number of hydrogen-bond acceptors (Lipinski definition) is 2. The average molecular weight is 227 g/mol. The number of nitrogens with one attached hydrogen (secondary N) is 1. The molecule has 0 bridgehead atoms. The van der Waals surface area contributed by atoms with Crippen LogP contribution >= 0.6 is 0 Å². The molecule has 0 unspecified atom stereocenters. The molecule has 2 rings (SSSR count). The van der Waals surface area contributed by atoms with Gasteiger partial charge in [-0.1, -0.05) is 0 Å². The molecule has 0 aliphatic carbocycles. The maximum Gasteiger partial charge on any atom is 0.317 e. The second-order valence-electron chi connectivity index (χ2n) is 3.63. The van der Waals surface area contributed by atoms with Gasteiger partial charge in [-0.25, -0.2) is 13.6 Å². The molecule has 0 spiro atoms. The van der Waals surface area contributed by atoms with Gasteiger partial charge in [-0.2, -0.15) is 0 Å². The van der Waals surface area contributed by atoms with Gasteiger partial charge in [0.15, 0.2) is 0 Å². The average Bonchev–Trinajstić information content (AvgIpc) is 2.24. The van der Waals surface area contributed by atoms with E-state index in [1.807, 2.05) is 0 Å². The second-order valence-corrected chi connectivity index (χ2v) is 3.63. The Morgan fingerprint density at radius 3 is 2.88 bits per heavy atom. The van der Waals surface area contributed by atoms with Crippen molar-refractivity contribution in [3.8, 4) is 0 Å².